The largest absolute Gasteiger partial charge is 0.497 e. The minimum atomic E-state index is -0.723. The Morgan fingerprint density at radius 2 is 1.71 bits per heavy atom. The standard InChI is InChI=1S/C28H29FO5/c1-17-12-18(2)28(33-16-24-14-22(30)15-26(31)34-24)25(13-17)27(19-4-8-21(29)9-5-19)20-6-10-23(32-3)11-7-20/h4-13,22,24,27,30H,14-16H2,1-3H3/t22-,24+,27?/m1/s1. The van der Waals surface area contributed by atoms with Crippen molar-refractivity contribution in [1.29, 1.82) is 0 Å². The topological polar surface area (TPSA) is 65.0 Å². The van der Waals surface area contributed by atoms with Crippen molar-refractivity contribution in [3.8, 4) is 11.5 Å². The van der Waals surface area contributed by atoms with Crippen LogP contribution in [0.3, 0.4) is 0 Å². The van der Waals surface area contributed by atoms with Crippen LogP contribution < -0.4 is 9.47 Å². The number of methoxy groups -OCH3 is 1. The molecule has 6 heteroatoms. The molecule has 0 aromatic heterocycles. The lowest BCUT2D eigenvalue weighted by Crippen LogP contribution is -2.36. The van der Waals surface area contributed by atoms with E-state index in [1.165, 1.54) is 12.1 Å². The van der Waals surface area contributed by atoms with Gasteiger partial charge in [0.25, 0.3) is 0 Å². The Morgan fingerprint density at radius 1 is 1.06 bits per heavy atom. The monoisotopic (exact) mass is 464 g/mol. The van der Waals surface area contributed by atoms with Gasteiger partial charge in [0, 0.05) is 17.9 Å². The van der Waals surface area contributed by atoms with Crippen LogP contribution in [0.2, 0.25) is 0 Å². The van der Waals surface area contributed by atoms with E-state index < -0.39 is 18.2 Å². The van der Waals surface area contributed by atoms with E-state index in [-0.39, 0.29) is 24.8 Å². The zero-order chi connectivity index (χ0) is 24.2. The number of cyclic esters (lactones) is 1. The first-order chi connectivity index (χ1) is 16.3. The van der Waals surface area contributed by atoms with Gasteiger partial charge in [-0.3, -0.25) is 4.79 Å². The highest BCUT2D eigenvalue weighted by atomic mass is 19.1. The van der Waals surface area contributed by atoms with Crippen molar-refractivity contribution < 1.29 is 28.5 Å². The van der Waals surface area contributed by atoms with Crippen LogP contribution in [0.5, 0.6) is 11.5 Å². The van der Waals surface area contributed by atoms with Crippen LogP contribution in [-0.4, -0.2) is 37.0 Å². The van der Waals surface area contributed by atoms with Gasteiger partial charge in [0.15, 0.2) is 0 Å². The fourth-order valence-corrected chi connectivity index (χ4v) is 4.54. The molecular weight excluding hydrogens is 435 g/mol. The Kier molecular flexibility index (Phi) is 7.17. The van der Waals surface area contributed by atoms with Gasteiger partial charge in [0.2, 0.25) is 0 Å². The average Bonchev–Trinajstić information content (AvgIpc) is 2.79. The molecule has 34 heavy (non-hydrogen) atoms. The van der Waals surface area contributed by atoms with E-state index in [1.807, 2.05) is 44.2 Å². The van der Waals surface area contributed by atoms with Crippen LogP contribution in [0.4, 0.5) is 4.39 Å². The average molecular weight is 465 g/mol. The number of esters is 1. The molecule has 0 saturated carbocycles. The molecule has 1 unspecified atom stereocenters. The van der Waals surface area contributed by atoms with Gasteiger partial charge in [-0.2, -0.15) is 0 Å². The first kappa shape index (κ1) is 23.8. The molecule has 1 saturated heterocycles. The zero-order valence-corrected chi connectivity index (χ0v) is 19.6. The fourth-order valence-electron chi connectivity index (χ4n) is 4.54. The molecule has 0 radical (unpaired) electrons. The molecule has 1 aliphatic heterocycles. The van der Waals surface area contributed by atoms with E-state index >= 15 is 0 Å². The molecular formula is C28H29FO5. The number of halogens is 1. The molecule has 0 spiro atoms. The van der Waals surface area contributed by atoms with E-state index in [0.29, 0.717) is 12.2 Å². The van der Waals surface area contributed by atoms with Gasteiger partial charge < -0.3 is 19.3 Å². The number of ether oxygens (including phenoxy) is 3. The Morgan fingerprint density at radius 3 is 2.32 bits per heavy atom. The van der Waals surface area contributed by atoms with Crippen molar-refractivity contribution in [2.75, 3.05) is 13.7 Å². The molecule has 3 aromatic rings. The van der Waals surface area contributed by atoms with Gasteiger partial charge in [-0.25, -0.2) is 4.39 Å². The Bertz CT molecular complexity index is 1140. The molecule has 1 heterocycles. The molecule has 178 valence electrons. The zero-order valence-electron chi connectivity index (χ0n) is 19.6. The molecule has 3 atom stereocenters. The predicted molar refractivity (Wildman–Crippen MR) is 127 cm³/mol. The molecule has 4 rings (SSSR count). The van der Waals surface area contributed by atoms with Crippen molar-refractivity contribution in [1.82, 2.24) is 0 Å². The predicted octanol–water partition coefficient (Wildman–Crippen LogP) is 5.08. The summed E-state index contributed by atoms with van der Waals surface area (Å²) in [4.78, 5) is 11.8. The van der Waals surface area contributed by atoms with Crippen LogP contribution in [0.1, 0.15) is 46.6 Å². The van der Waals surface area contributed by atoms with Gasteiger partial charge in [0.05, 0.1) is 19.6 Å². The molecule has 1 fully saturated rings. The first-order valence-corrected chi connectivity index (χ1v) is 11.3. The van der Waals surface area contributed by atoms with E-state index in [4.69, 9.17) is 14.2 Å². The minimum Gasteiger partial charge on any atom is -0.497 e. The second-order valence-electron chi connectivity index (χ2n) is 8.77. The van der Waals surface area contributed by atoms with Crippen LogP contribution in [0.15, 0.2) is 60.7 Å². The number of hydrogen-bond donors (Lipinski definition) is 1. The summed E-state index contributed by atoms with van der Waals surface area (Å²) < 4.78 is 30.7. The number of aliphatic hydroxyl groups excluding tert-OH is 1. The quantitative estimate of drug-likeness (QED) is 0.390. The normalized spacial score (nSPS) is 18.8. The summed E-state index contributed by atoms with van der Waals surface area (Å²) in [7, 11) is 1.62. The molecule has 0 amide bonds. The Hall–Kier alpha value is -3.38. The van der Waals surface area contributed by atoms with E-state index in [1.54, 1.807) is 19.2 Å². The molecule has 1 aliphatic rings. The summed E-state index contributed by atoms with van der Waals surface area (Å²) >= 11 is 0. The lowest BCUT2D eigenvalue weighted by molar-refractivity contribution is -0.162. The number of aryl methyl sites for hydroxylation is 2. The summed E-state index contributed by atoms with van der Waals surface area (Å²) in [6.45, 7) is 4.14. The Labute approximate surface area is 199 Å². The van der Waals surface area contributed by atoms with Crippen molar-refractivity contribution in [3.05, 3.63) is 94.3 Å². The van der Waals surface area contributed by atoms with E-state index in [9.17, 15) is 14.3 Å². The lowest BCUT2D eigenvalue weighted by Gasteiger charge is -2.28. The van der Waals surface area contributed by atoms with Gasteiger partial charge in [-0.1, -0.05) is 42.0 Å². The number of benzene rings is 3. The van der Waals surface area contributed by atoms with Crippen LogP contribution >= 0.6 is 0 Å². The molecule has 1 N–H and O–H groups in total. The highest BCUT2D eigenvalue weighted by Gasteiger charge is 2.29. The van der Waals surface area contributed by atoms with Crippen molar-refractivity contribution in [2.24, 2.45) is 0 Å². The maximum Gasteiger partial charge on any atom is 0.308 e. The summed E-state index contributed by atoms with van der Waals surface area (Å²) in [6, 6.07) is 18.4. The Balaban J connectivity index is 1.75. The summed E-state index contributed by atoms with van der Waals surface area (Å²) in [5.41, 5.74) is 4.86. The number of carbonyl (C=O) groups excluding carboxylic acids is 1. The fraction of sp³-hybridized carbons (Fsp3) is 0.321. The third-order valence-electron chi connectivity index (χ3n) is 6.06. The van der Waals surface area contributed by atoms with Crippen LogP contribution in [0.25, 0.3) is 0 Å². The molecule has 0 bridgehead atoms. The van der Waals surface area contributed by atoms with Crippen molar-refractivity contribution in [2.45, 2.75) is 44.8 Å². The molecule has 5 nitrogen and oxygen atoms in total. The highest BCUT2D eigenvalue weighted by Crippen LogP contribution is 2.40. The second-order valence-corrected chi connectivity index (χ2v) is 8.77. The first-order valence-electron chi connectivity index (χ1n) is 11.3. The van der Waals surface area contributed by atoms with Gasteiger partial charge in [0.1, 0.15) is 30.0 Å². The number of aliphatic hydroxyl groups is 1. The van der Waals surface area contributed by atoms with E-state index in [2.05, 4.69) is 6.07 Å². The number of carbonyl (C=O) groups is 1. The van der Waals surface area contributed by atoms with Crippen LogP contribution in [-0.2, 0) is 9.53 Å². The number of hydrogen-bond acceptors (Lipinski definition) is 5. The maximum absolute atomic E-state index is 13.7. The van der Waals surface area contributed by atoms with Gasteiger partial charge >= 0.3 is 5.97 Å². The summed E-state index contributed by atoms with van der Waals surface area (Å²) in [5, 5.41) is 9.95. The summed E-state index contributed by atoms with van der Waals surface area (Å²) in [6.07, 6.45) is -0.892. The lowest BCUT2D eigenvalue weighted by atomic mass is 9.83. The molecule has 3 aromatic carbocycles. The van der Waals surface area contributed by atoms with Crippen LogP contribution in [0, 0.1) is 19.7 Å². The van der Waals surface area contributed by atoms with Gasteiger partial charge in [-0.15, -0.1) is 0 Å². The maximum atomic E-state index is 13.7. The molecule has 0 aliphatic carbocycles. The van der Waals surface area contributed by atoms with Crippen molar-refractivity contribution in [3.63, 3.8) is 0 Å². The number of rotatable bonds is 7. The SMILES string of the molecule is COc1ccc(C(c2ccc(F)cc2)c2cc(C)cc(C)c2OC[C@@H]2C[C@@H](O)CC(=O)O2)cc1. The van der Waals surface area contributed by atoms with Crippen molar-refractivity contribution >= 4 is 5.97 Å². The van der Waals surface area contributed by atoms with E-state index in [0.717, 1.165) is 33.6 Å². The minimum absolute atomic E-state index is 0.00935. The summed E-state index contributed by atoms with van der Waals surface area (Å²) in [5.74, 6) is 0.491. The second kappa shape index (κ2) is 10.3. The smallest absolute Gasteiger partial charge is 0.308 e. The third kappa shape index (κ3) is 5.39. The highest BCUT2D eigenvalue weighted by molar-refractivity contribution is 5.71. The van der Waals surface area contributed by atoms with Gasteiger partial charge in [-0.05, 0) is 54.8 Å². The third-order valence-corrected chi connectivity index (χ3v) is 6.06.